The van der Waals surface area contributed by atoms with Gasteiger partial charge in [-0.1, -0.05) is 0 Å². The number of hydrogen-bond acceptors (Lipinski definition) is 6. The molecule has 0 N–H and O–H groups in total. The summed E-state index contributed by atoms with van der Waals surface area (Å²) in [4.78, 5) is 24.2. The monoisotopic (exact) mass is 407 g/mol. The number of esters is 1. The van der Waals surface area contributed by atoms with E-state index in [1.165, 1.54) is 0 Å². The number of carbonyl (C=O) groups excluding carboxylic acids is 2. The summed E-state index contributed by atoms with van der Waals surface area (Å²) in [5.41, 5.74) is 2.31. The van der Waals surface area contributed by atoms with Gasteiger partial charge in [0.05, 0.1) is 19.3 Å². The Labute approximate surface area is 173 Å². The highest BCUT2D eigenvalue weighted by atomic mass is 16.6. The van der Waals surface area contributed by atoms with E-state index in [2.05, 4.69) is 0 Å². The molecule has 7 heteroatoms. The van der Waals surface area contributed by atoms with Crippen molar-refractivity contribution in [3.05, 3.63) is 59.5 Å². The van der Waals surface area contributed by atoms with Gasteiger partial charge in [0.2, 0.25) is 5.78 Å². The highest BCUT2D eigenvalue weighted by Crippen LogP contribution is 2.36. The standard InChI is InChI=1S/C23H21NO6/c1-4-28-22(25)13-29-16-5-7-17-20(11-16)30-21(23(17)26)9-14-12-24(2)19-8-6-15(27-3)10-18(14)19/h5-12H,4,13H2,1-3H3. The number of benzene rings is 2. The molecule has 7 nitrogen and oxygen atoms in total. The van der Waals surface area contributed by atoms with Gasteiger partial charge in [0, 0.05) is 35.8 Å². The van der Waals surface area contributed by atoms with Gasteiger partial charge in [0.25, 0.3) is 0 Å². The van der Waals surface area contributed by atoms with Crippen LogP contribution >= 0.6 is 0 Å². The van der Waals surface area contributed by atoms with Crippen molar-refractivity contribution in [2.75, 3.05) is 20.3 Å². The molecule has 2 heterocycles. The lowest BCUT2D eigenvalue weighted by molar-refractivity contribution is -0.145. The Balaban J connectivity index is 1.60. The van der Waals surface area contributed by atoms with Gasteiger partial charge < -0.3 is 23.5 Å². The molecule has 0 saturated carbocycles. The Morgan fingerprint density at radius 3 is 2.73 bits per heavy atom. The van der Waals surface area contributed by atoms with Gasteiger partial charge in [-0.3, -0.25) is 4.79 Å². The molecule has 2 aromatic carbocycles. The van der Waals surface area contributed by atoms with Crippen molar-refractivity contribution in [2.45, 2.75) is 6.92 Å². The predicted molar refractivity (Wildman–Crippen MR) is 111 cm³/mol. The molecule has 0 unspecified atom stereocenters. The van der Waals surface area contributed by atoms with Crippen molar-refractivity contribution in [3.8, 4) is 17.2 Å². The van der Waals surface area contributed by atoms with Crippen LogP contribution in [0.2, 0.25) is 0 Å². The fourth-order valence-corrected chi connectivity index (χ4v) is 3.39. The van der Waals surface area contributed by atoms with Gasteiger partial charge in [0.15, 0.2) is 12.4 Å². The number of allylic oxidation sites excluding steroid dienone is 1. The number of methoxy groups -OCH3 is 1. The van der Waals surface area contributed by atoms with Crippen molar-refractivity contribution in [2.24, 2.45) is 7.05 Å². The van der Waals surface area contributed by atoms with Crippen LogP contribution < -0.4 is 14.2 Å². The third kappa shape index (κ3) is 3.61. The number of rotatable bonds is 6. The average molecular weight is 407 g/mol. The molecule has 4 rings (SSSR count). The van der Waals surface area contributed by atoms with E-state index >= 15 is 0 Å². The first-order chi connectivity index (χ1) is 14.5. The van der Waals surface area contributed by atoms with E-state index in [9.17, 15) is 9.59 Å². The lowest BCUT2D eigenvalue weighted by Crippen LogP contribution is -2.14. The summed E-state index contributed by atoms with van der Waals surface area (Å²) >= 11 is 0. The Morgan fingerprint density at radius 1 is 1.17 bits per heavy atom. The number of aryl methyl sites for hydroxylation is 1. The normalized spacial score (nSPS) is 14.0. The molecule has 0 atom stereocenters. The summed E-state index contributed by atoms with van der Waals surface area (Å²) in [6, 6.07) is 10.6. The molecular formula is C23H21NO6. The minimum Gasteiger partial charge on any atom is -0.497 e. The number of ketones is 1. The van der Waals surface area contributed by atoms with Gasteiger partial charge in [-0.05, 0) is 43.3 Å². The summed E-state index contributed by atoms with van der Waals surface area (Å²) in [6.45, 7) is 1.81. The van der Waals surface area contributed by atoms with Crippen molar-refractivity contribution in [1.82, 2.24) is 4.57 Å². The minimum atomic E-state index is -0.457. The molecule has 30 heavy (non-hydrogen) atoms. The van der Waals surface area contributed by atoms with Gasteiger partial charge in [-0.25, -0.2) is 4.79 Å². The van der Waals surface area contributed by atoms with Crippen molar-refractivity contribution >= 4 is 28.7 Å². The smallest absolute Gasteiger partial charge is 0.344 e. The van der Waals surface area contributed by atoms with E-state index in [1.54, 1.807) is 38.3 Å². The first kappa shape index (κ1) is 19.6. The van der Waals surface area contributed by atoms with Gasteiger partial charge in [0.1, 0.15) is 17.2 Å². The van der Waals surface area contributed by atoms with E-state index in [0.717, 1.165) is 22.2 Å². The van der Waals surface area contributed by atoms with Crippen LogP contribution in [0, 0.1) is 0 Å². The van der Waals surface area contributed by atoms with Crippen molar-refractivity contribution in [3.63, 3.8) is 0 Å². The molecule has 0 radical (unpaired) electrons. The second kappa shape index (κ2) is 7.94. The summed E-state index contributed by atoms with van der Waals surface area (Å²) in [6.07, 6.45) is 3.66. The summed E-state index contributed by atoms with van der Waals surface area (Å²) in [5.74, 6) is 1.11. The van der Waals surface area contributed by atoms with Crippen LogP contribution in [0.15, 0.2) is 48.4 Å². The van der Waals surface area contributed by atoms with Crippen LogP contribution in [-0.4, -0.2) is 36.6 Å². The highest BCUT2D eigenvalue weighted by Gasteiger charge is 2.28. The maximum absolute atomic E-state index is 12.8. The molecular weight excluding hydrogens is 386 g/mol. The summed E-state index contributed by atoms with van der Waals surface area (Å²) < 4.78 is 23.4. The predicted octanol–water partition coefficient (Wildman–Crippen LogP) is 3.75. The summed E-state index contributed by atoms with van der Waals surface area (Å²) in [5, 5.41) is 0.954. The molecule has 154 valence electrons. The maximum atomic E-state index is 12.8. The molecule has 1 aliphatic rings. The van der Waals surface area contributed by atoms with Crippen LogP contribution in [0.4, 0.5) is 0 Å². The van der Waals surface area contributed by atoms with E-state index in [0.29, 0.717) is 17.1 Å². The molecule has 0 bridgehead atoms. The fourth-order valence-electron chi connectivity index (χ4n) is 3.39. The zero-order valence-electron chi connectivity index (χ0n) is 16.9. The van der Waals surface area contributed by atoms with Crippen molar-refractivity contribution < 1.29 is 28.5 Å². The minimum absolute atomic E-state index is 0.207. The quantitative estimate of drug-likeness (QED) is 0.458. The van der Waals surface area contributed by atoms with E-state index < -0.39 is 5.97 Å². The molecule has 0 saturated heterocycles. The van der Waals surface area contributed by atoms with Crippen LogP contribution in [0.1, 0.15) is 22.8 Å². The second-order valence-electron chi connectivity index (χ2n) is 6.77. The lowest BCUT2D eigenvalue weighted by atomic mass is 10.1. The van der Waals surface area contributed by atoms with Crippen LogP contribution in [-0.2, 0) is 16.6 Å². The summed E-state index contributed by atoms with van der Waals surface area (Å²) in [7, 11) is 3.56. The molecule has 0 spiro atoms. The second-order valence-corrected chi connectivity index (χ2v) is 6.77. The van der Waals surface area contributed by atoms with Crippen LogP contribution in [0.3, 0.4) is 0 Å². The third-order valence-electron chi connectivity index (χ3n) is 4.82. The van der Waals surface area contributed by atoms with Crippen LogP contribution in [0.25, 0.3) is 17.0 Å². The zero-order valence-corrected chi connectivity index (χ0v) is 16.9. The molecule has 0 aliphatic carbocycles. The Kier molecular flexibility index (Phi) is 5.18. The molecule has 3 aromatic rings. The first-order valence-corrected chi connectivity index (χ1v) is 9.50. The average Bonchev–Trinajstić information content (AvgIpc) is 3.22. The molecule has 1 aliphatic heterocycles. The number of ether oxygens (including phenoxy) is 4. The first-order valence-electron chi connectivity index (χ1n) is 9.50. The third-order valence-corrected chi connectivity index (χ3v) is 4.82. The number of aromatic nitrogens is 1. The Hall–Kier alpha value is -3.74. The van der Waals surface area contributed by atoms with E-state index in [-0.39, 0.29) is 24.8 Å². The fraction of sp³-hybridized carbons (Fsp3) is 0.217. The zero-order chi connectivity index (χ0) is 21.3. The maximum Gasteiger partial charge on any atom is 0.344 e. The number of carbonyl (C=O) groups is 2. The Bertz CT molecular complexity index is 1170. The number of fused-ring (bicyclic) bond motifs is 2. The van der Waals surface area contributed by atoms with Gasteiger partial charge >= 0.3 is 5.97 Å². The van der Waals surface area contributed by atoms with E-state index in [4.69, 9.17) is 18.9 Å². The number of nitrogens with zero attached hydrogens (tertiary/aromatic N) is 1. The van der Waals surface area contributed by atoms with Gasteiger partial charge in [-0.15, -0.1) is 0 Å². The molecule has 0 fully saturated rings. The van der Waals surface area contributed by atoms with Crippen LogP contribution in [0.5, 0.6) is 17.2 Å². The topological polar surface area (TPSA) is 76.0 Å². The number of Topliss-reactive ketones (excluding diaryl/α,β-unsaturated/α-hetero) is 1. The van der Waals surface area contributed by atoms with Gasteiger partial charge in [-0.2, -0.15) is 0 Å². The largest absolute Gasteiger partial charge is 0.497 e. The highest BCUT2D eigenvalue weighted by molar-refractivity contribution is 6.15. The van der Waals surface area contributed by atoms with Crippen molar-refractivity contribution in [1.29, 1.82) is 0 Å². The molecule has 1 aromatic heterocycles. The number of hydrogen-bond donors (Lipinski definition) is 0. The lowest BCUT2D eigenvalue weighted by Gasteiger charge is -2.06. The molecule has 0 amide bonds. The Morgan fingerprint density at radius 2 is 1.97 bits per heavy atom. The SMILES string of the molecule is CCOC(=O)COc1ccc2c(c1)OC(=Cc1cn(C)c3ccc(OC)cc13)C2=O. The van der Waals surface area contributed by atoms with E-state index in [1.807, 2.05) is 36.0 Å².